The van der Waals surface area contributed by atoms with E-state index in [-0.39, 0.29) is 24.5 Å². The Morgan fingerprint density at radius 3 is 1.78 bits per heavy atom. The van der Waals surface area contributed by atoms with Crippen LogP contribution >= 0.6 is 7.60 Å². The number of carbonyl (C=O) groups excluding carboxylic acids is 3. The van der Waals surface area contributed by atoms with Crippen molar-refractivity contribution in [3.63, 3.8) is 0 Å². The number of hydrogen-bond acceptors (Lipinski definition) is 8. The van der Waals surface area contributed by atoms with Crippen molar-refractivity contribution in [1.82, 2.24) is 10.2 Å². The summed E-state index contributed by atoms with van der Waals surface area (Å²) >= 11 is 0. The van der Waals surface area contributed by atoms with Crippen LogP contribution in [0.15, 0.2) is 121 Å². The number of nitrogens with zero attached hydrogens (tertiary/aromatic N) is 1. The number of amides is 2. The lowest BCUT2D eigenvalue weighted by Gasteiger charge is -2.49. The maximum atomic E-state index is 14.4. The SMILES string of the molecule is O=C(Cc1ccccc1)N[C@@H]1C(=O)N(C(CP(=O)(Oc2ccccc2)Oc2ccccc2)C(=O)OCc2ccccc2)[C@@H]1CO. The molecule has 1 saturated heterocycles. The second-order valence-electron chi connectivity index (χ2n) is 10.4. The molecule has 0 saturated carbocycles. The largest absolute Gasteiger partial charge is 0.459 e. The van der Waals surface area contributed by atoms with Gasteiger partial charge in [-0.25, -0.2) is 9.36 Å². The normalized spacial score (nSPS) is 16.6. The number of likely N-dealkylation sites (tertiary alicyclic amines) is 1. The van der Waals surface area contributed by atoms with E-state index in [9.17, 15) is 24.1 Å². The number of β-lactam (4-membered cyclic amide) rings is 1. The third-order valence-corrected chi connectivity index (χ3v) is 8.95. The Hall–Kier alpha value is -4.92. The van der Waals surface area contributed by atoms with Crippen LogP contribution in [0.3, 0.4) is 0 Å². The fraction of sp³-hybridized carbons (Fsp3) is 0.206. The third-order valence-electron chi connectivity index (χ3n) is 7.18. The highest BCUT2D eigenvalue weighted by molar-refractivity contribution is 7.54. The lowest BCUT2D eigenvalue weighted by molar-refractivity contribution is -0.171. The predicted molar refractivity (Wildman–Crippen MR) is 166 cm³/mol. The molecule has 3 atom stereocenters. The first-order chi connectivity index (χ1) is 21.8. The smallest absolute Gasteiger partial charge is 0.433 e. The van der Waals surface area contributed by atoms with E-state index < -0.39 is 56.3 Å². The number of rotatable bonds is 14. The number of hydrogen-bond donors (Lipinski definition) is 2. The van der Waals surface area contributed by atoms with E-state index in [1.54, 1.807) is 109 Å². The van der Waals surface area contributed by atoms with Crippen molar-refractivity contribution in [2.24, 2.45) is 0 Å². The van der Waals surface area contributed by atoms with Crippen molar-refractivity contribution in [3.05, 3.63) is 132 Å². The summed E-state index contributed by atoms with van der Waals surface area (Å²) in [7, 11) is -4.22. The average Bonchev–Trinajstić information content (AvgIpc) is 3.06. The van der Waals surface area contributed by atoms with Gasteiger partial charge in [0.1, 0.15) is 36.4 Å². The van der Waals surface area contributed by atoms with Gasteiger partial charge in [-0.05, 0) is 35.4 Å². The van der Waals surface area contributed by atoms with Gasteiger partial charge in [0.05, 0.1) is 19.1 Å². The molecular weight excluding hydrogens is 595 g/mol. The molecule has 1 unspecified atom stereocenters. The van der Waals surface area contributed by atoms with Crippen molar-refractivity contribution >= 4 is 25.4 Å². The summed E-state index contributed by atoms with van der Waals surface area (Å²) in [6.45, 7) is -0.684. The van der Waals surface area contributed by atoms with Crippen LogP contribution in [0.1, 0.15) is 11.1 Å². The Morgan fingerprint density at radius 1 is 0.778 bits per heavy atom. The van der Waals surface area contributed by atoms with Gasteiger partial charge in [0.25, 0.3) is 0 Å². The summed E-state index contributed by atoms with van der Waals surface area (Å²) < 4.78 is 31.8. The fourth-order valence-corrected chi connectivity index (χ4v) is 6.82. The number of para-hydroxylation sites is 2. The van der Waals surface area contributed by atoms with Crippen LogP contribution in [-0.4, -0.2) is 58.7 Å². The number of ether oxygens (including phenoxy) is 1. The van der Waals surface area contributed by atoms with Crippen LogP contribution in [0.4, 0.5) is 0 Å². The topological polar surface area (TPSA) is 131 Å². The van der Waals surface area contributed by atoms with E-state index in [0.717, 1.165) is 10.5 Å². The zero-order valence-electron chi connectivity index (χ0n) is 24.3. The second kappa shape index (κ2) is 14.7. The van der Waals surface area contributed by atoms with E-state index >= 15 is 0 Å². The van der Waals surface area contributed by atoms with E-state index in [4.69, 9.17) is 13.8 Å². The van der Waals surface area contributed by atoms with Gasteiger partial charge < -0.3 is 29.1 Å². The maximum Gasteiger partial charge on any atom is 0.433 e. The van der Waals surface area contributed by atoms with Gasteiger partial charge in [0.15, 0.2) is 0 Å². The van der Waals surface area contributed by atoms with Crippen LogP contribution in [-0.2, 0) is 36.7 Å². The first-order valence-electron chi connectivity index (χ1n) is 14.4. The molecule has 1 fully saturated rings. The van der Waals surface area contributed by atoms with E-state index in [1.807, 2.05) is 12.1 Å². The predicted octanol–water partition coefficient (Wildman–Crippen LogP) is 4.38. The van der Waals surface area contributed by atoms with Crippen LogP contribution in [0, 0.1) is 0 Å². The lowest BCUT2D eigenvalue weighted by atomic mass is 9.92. The summed E-state index contributed by atoms with van der Waals surface area (Å²) in [6, 6.07) is 31.0. The monoisotopic (exact) mass is 628 g/mol. The Morgan fingerprint density at radius 2 is 1.27 bits per heavy atom. The summed E-state index contributed by atoms with van der Waals surface area (Å²) in [5.41, 5.74) is 1.45. The quantitative estimate of drug-likeness (QED) is 0.120. The highest BCUT2D eigenvalue weighted by atomic mass is 31.2. The van der Waals surface area contributed by atoms with Crippen LogP contribution < -0.4 is 14.4 Å². The highest BCUT2D eigenvalue weighted by Crippen LogP contribution is 2.50. The molecule has 1 heterocycles. The average molecular weight is 629 g/mol. The summed E-state index contributed by atoms with van der Waals surface area (Å²) in [4.78, 5) is 41.1. The third kappa shape index (κ3) is 8.17. The molecule has 0 radical (unpaired) electrons. The van der Waals surface area contributed by atoms with Crippen molar-refractivity contribution in [2.45, 2.75) is 31.2 Å². The number of aliphatic hydroxyl groups excluding tert-OH is 1. The van der Waals surface area contributed by atoms with Crippen molar-refractivity contribution in [3.8, 4) is 11.5 Å². The molecule has 0 bridgehead atoms. The molecule has 2 amide bonds. The van der Waals surface area contributed by atoms with Gasteiger partial charge in [-0.1, -0.05) is 97.1 Å². The lowest BCUT2D eigenvalue weighted by Crippen LogP contribution is -2.75. The minimum Gasteiger partial charge on any atom is -0.459 e. The van der Waals surface area contributed by atoms with Gasteiger partial charge in [0, 0.05) is 0 Å². The van der Waals surface area contributed by atoms with Crippen LogP contribution in [0.25, 0.3) is 0 Å². The number of esters is 1. The Labute approximate surface area is 261 Å². The standard InChI is InChI=1S/C34H33N2O8P/c37-22-29-32(35-31(38)21-25-13-5-1-6-14-25)33(39)36(29)30(34(40)42-23-26-15-7-2-8-16-26)24-45(41,43-27-17-9-3-10-18-27)44-28-19-11-4-12-20-28/h1-20,29-30,32,37H,21-24H2,(H,35,38)/t29-,30?,32+/m1/s1. The Kier molecular flexibility index (Phi) is 10.3. The van der Waals surface area contributed by atoms with E-state index in [2.05, 4.69) is 5.32 Å². The van der Waals surface area contributed by atoms with Crippen LogP contribution in [0.5, 0.6) is 11.5 Å². The van der Waals surface area contributed by atoms with Gasteiger partial charge in [-0.2, -0.15) is 0 Å². The molecule has 2 N–H and O–H groups in total. The molecule has 1 aliphatic heterocycles. The summed E-state index contributed by atoms with van der Waals surface area (Å²) in [6.07, 6.45) is -0.562. The highest BCUT2D eigenvalue weighted by Gasteiger charge is 2.55. The molecular formula is C34H33N2O8P. The molecule has 4 aromatic rings. The molecule has 232 valence electrons. The van der Waals surface area contributed by atoms with Gasteiger partial charge >= 0.3 is 13.6 Å². The molecule has 0 aromatic heterocycles. The van der Waals surface area contributed by atoms with Gasteiger partial charge in [0.2, 0.25) is 11.8 Å². The first kappa shape index (κ1) is 31.5. The molecule has 11 heteroatoms. The number of nitrogens with one attached hydrogen (secondary N) is 1. The van der Waals surface area contributed by atoms with E-state index in [1.165, 1.54) is 0 Å². The molecule has 0 spiro atoms. The number of aliphatic hydroxyl groups is 1. The minimum absolute atomic E-state index is 0.0242. The fourth-order valence-electron chi connectivity index (χ4n) is 5.00. The summed E-state index contributed by atoms with van der Waals surface area (Å²) in [5.74, 6) is -1.47. The van der Waals surface area contributed by atoms with Crippen molar-refractivity contribution in [1.29, 1.82) is 0 Å². The zero-order valence-corrected chi connectivity index (χ0v) is 25.2. The molecule has 10 nitrogen and oxygen atoms in total. The summed E-state index contributed by atoms with van der Waals surface area (Å²) in [5, 5.41) is 13.0. The van der Waals surface area contributed by atoms with Crippen molar-refractivity contribution < 1.29 is 37.8 Å². The maximum absolute atomic E-state index is 14.4. The molecule has 1 aliphatic rings. The van der Waals surface area contributed by atoms with Crippen LogP contribution in [0.2, 0.25) is 0 Å². The second-order valence-corrected chi connectivity index (χ2v) is 12.4. The van der Waals surface area contributed by atoms with Crippen molar-refractivity contribution in [2.75, 3.05) is 12.8 Å². The Bertz CT molecular complexity index is 1580. The Balaban J connectivity index is 1.41. The number of carbonyl (C=O) groups is 3. The minimum atomic E-state index is -4.22. The number of benzene rings is 4. The molecule has 45 heavy (non-hydrogen) atoms. The molecule has 5 rings (SSSR count). The van der Waals surface area contributed by atoms with E-state index in [0.29, 0.717) is 5.56 Å². The molecule has 4 aromatic carbocycles. The molecule has 0 aliphatic carbocycles. The van der Waals surface area contributed by atoms with Gasteiger partial charge in [-0.15, -0.1) is 0 Å². The zero-order chi connectivity index (χ0) is 31.6. The van der Waals surface area contributed by atoms with Gasteiger partial charge in [-0.3, -0.25) is 9.59 Å². The first-order valence-corrected chi connectivity index (χ1v) is 16.1.